The molecule has 0 atom stereocenters. The number of rotatable bonds is 5. The molecule has 26 heavy (non-hydrogen) atoms. The van der Waals surface area contributed by atoms with E-state index in [1.54, 1.807) is 48.5 Å². The molecule has 1 heterocycles. The van der Waals surface area contributed by atoms with Crippen molar-refractivity contribution in [2.24, 2.45) is 0 Å². The Morgan fingerprint density at radius 1 is 1.08 bits per heavy atom. The molecule has 1 aliphatic heterocycles. The van der Waals surface area contributed by atoms with Crippen molar-refractivity contribution >= 4 is 35.6 Å². The zero-order chi connectivity index (χ0) is 17.6. The lowest BCUT2D eigenvalue weighted by atomic mass is 10.1. The highest BCUT2D eigenvalue weighted by molar-refractivity contribution is 6.07. The summed E-state index contributed by atoms with van der Waals surface area (Å²) in [5.74, 6) is 0.235. The Morgan fingerprint density at radius 2 is 1.81 bits per heavy atom. The van der Waals surface area contributed by atoms with Crippen molar-refractivity contribution in [1.82, 2.24) is 4.90 Å². The third-order valence-electron chi connectivity index (χ3n) is 4.12. The molecule has 3 N–H and O–H groups in total. The zero-order valence-corrected chi connectivity index (χ0v) is 15.1. The summed E-state index contributed by atoms with van der Waals surface area (Å²) in [6.45, 7) is 1.61. The first-order chi connectivity index (χ1) is 12.1. The van der Waals surface area contributed by atoms with Crippen molar-refractivity contribution < 1.29 is 14.3 Å². The molecular weight excluding hydrogens is 354 g/mol. The molecule has 2 amide bonds. The second-order valence-corrected chi connectivity index (χ2v) is 5.95. The van der Waals surface area contributed by atoms with Gasteiger partial charge in [0.25, 0.3) is 11.8 Å². The fraction of sp³-hybridized carbons (Fsp3) is 0.263. The number of halogens is 1. The van der Waals surface area contributed by atoms with Crippen LogP contribution in [0.25, 0.3) is 0 Å². The highest BCUT2D eigenvalue weighted by atomic mass is 35.5. The van der Waals surface area contributed by atoms with Gasteiger partial charge in [0.15, 0.2) is 6.61 Å². The van der Waals surface area contributed by atoms with E-state index in [0.29, 0.717) is 22.7 Å². The zero-order valence-electron chi connectivity index (χ0n) is 14.3. The van der Waals surface area contributed by atoms with Crippen LogP contribution >= 0.6 is 12.4 Å². The molecule has 1 saturated heterocycles. The van der Waals surface area contributed by atoms with Crippen molar-refractivity contribution in [1.29, 1.82) is 0 Å². The maximum Gasteiger partial charge on any atom is 0.260 e. The minimum atomic E-state index is -0.289. The van der Waals surface area contributed by atoms with E-state index >= 15 is 0 Å². The molecule has 0 bridgehead atoms. The van der Waals surface area contributed by atoms with E-state index in [2.05, 4.69) is 5.32 Å². The lowest BCUT2D eigenvalue weighted by Gasteiger charge is -2.16. The third kappa shape index (κ3) is 4.89. The number of hydrogen-bond donors (Lipinski definition) is 2. The number of benzene rings is 2. The number of nitrogens with zero attached hydrogens (tertiary/aromatic N) is 1. The summed E-state index contributed by atoms with van der Waals surface area (Å²) < 4.78 is 5.56. The van der Waals surface area contributed by atoms with Crippen molar-refractivity contribution in [2.45, 2.75) is 12.8 Å². The van der Waals surface area contributed by atoms with Gasteiger partial charge in [-0.2, -0.15) is 0 Å². The normalized spacial score (nSPS) is 13.0. The van der Waals surface area contributed by atoms with Crippen LogP contribution in [0, 0.1) is 0 Å². The van der Waals surface area contributed by atoms with Crippen LogP contribution in [0.2, 0.25) is 0 Å². The Labute approximate surface area is 158 Å². The summed E-state index contributed by atoms with van der Waals surface area (Å²) in [5, 5.41) is 2.79. The van der Waals surface area contributed by atoms with Crippen LogP contribution < -0.4 is 15.8 Å². The summed E-state index contributed by atoms with van der Waals surface area (Å²) in [4.78, 5) is 26.1. The predicted molar refractivity (Wildman–Crippen MR) is 104 cm³/mol. The highest BCUT2D eigenvalue weighted by Crippen LogP contribution is 2.20. The van der Waals surface area contributed by atoms with Gasteiger partial charge in [-0.1, -0.05) is 18.2 Å². The number of carbonyl (C=O) groups is 2. The molecule has 1 aliphatic rings. The minimum Gasteiger partial charge on any atom is -0.484 e. The van der Waals surface area contributed by atoms with Gasteiger partial charge in [0.1, 0.15) is 5.75 Å². The fourth-order valence-electron chi connectivity index (χ4n) is 2.77. The second-order valence-electron chi connectivity index (χ2n) is 5.95. The van der Waals surface area contributed by atoms with E-state index in [0.717, 1.165) is 25.9 Å². The largest absolute Gasteiger partial charge is 0.484 e. The predicted octanol–water partition coefficient (Wildman–Crippen LogP) is 2.94. The molecular formula is C19H22ClN3O3. The van der Waals surface area contributed by atoms with Crippen molar-refractivity contribution in [2.75, 3.05) is 30.7 Å². The minimum absolute atomic E-state index is 0. The summed E-state index contributed by atoms with van der Waals surface area (Å²) in [6, 6.07) is 13.8. The number of anilines is 2. The Kier molecular flexibility index (Phi) is 6.86. The Bertz CT molecular complexity index is 776. The molecule has 0 spiro atoms. The number of nitrogen functional groups attached to an aromatic ring is 1. The first-order valence-corrected chi connectivity index (χ1v) is 8.30. The number of carbonyl (C=O) groups excluding carboxylic acids is 2. The summed E-state index contributed by atoms with van der Waals surface area (Å²) in [7, 11) is 0. The molecule has 0 saturated carbocycles. The fourth-order valence-corrected chi connectivity index (χ4v) is 2.77. The number of para-hydroxylation sites is 1. The molecule has 7 heteroatoms. The molecule has 2 aromatic carbocycles. The molecule has 2 aromatic rings. The number of likely N-dealkylation sites (tertiary alicyclic amines) is 1. The Hall–Kier alpha value is -2.73. The van der Waals surface area contributed by atoms with Crippen LogP contribution in [-0.2, 0) is 4.79 Å². The average molecular weight is 376 g/mol. The van der Waals surface area contributed by atoms with Crippen LogP contribution in [0.5, 0.6) is 5.75 Å². The number of hydrogen-bond acceptors (Lipinski definition) is 4. The van der Waals surface area contributed by atoms with Gasteiger partial charge in [0.2, 0.25) is 0 Å². The number of nitrogens with two attached hydrogens (primary N) is 1. The molecule has 0 aromatic heterocycles. The van der Waals surface area contributed by atoms with Gasteiger partial charge in [-0.05, 0) is 37.1 Å². The van der Waals surface area contributed by atoms with Gasteiger partial charge in [0, 0.05) is 30.5 Å². The maximum atomic E-state index is 12.3. The first-order valence-electron chi connectivity index (χ1n) is 8.30. The Balaban J connectivity index is 0.00000243. The quantitative estimate of drug-likeness (QED) is 0.787. The van der Waals surface area contributed by atoms with E-state index < -0.39 is 0 Å². The van der Waals surface area contributed by atoms with Gasteiger partial charge in [-0.25, -0.2) is 0 Å². The van der Waals surface area contributed by atoms with Crippen molar-refractivity contribution in [3.63, 3.8) is 0 Å². The second kappa shape index (κ2) is 9.10. The molecule has 0 unspecified atom stereocenters. The van der Waals surface area contributed by atoms with Crippen LogP contribution in [-0.4, -0.2) is 36.4 Å². The summed E-state index contributed by atoms with van der Waals surface area (Å²) in [6.07, 6.45) is 2.10. The van der Waals surface area contributed by atoms with Gasteiger partial charge < -0.3 is 20.7 Å². The highest BCUT2D eigenvalue weighted by Gasteiger charge is 2.18. The smallest absolute Gasteiger partial charge is 0.260 e. The monoisotopic (exact) mass is 375 g/mol. The lowest BCUT2D eigenvalue weighted by molar-refractivity contribution is -0.132. The number of ether oxygens (including phenoxy) is 1. The SMILES string of the molecule is Cl.Nc1ccccc1C(=O)Nc1cccc(OCC(=O)N2CCCC2)c1. The summed E-state index contributed by atoms with van der Waals surface area (Å²) >= 11 is 0. The molecule has 138 valence electrons. The van der Waals surface area contributed by atoms with E-state index in [9.17, 15) is 9.59 Å². The Morgan fingerprint density at radius 3 is 2.54 bits per heavy atom. The van der Waals surface area contributed by atoms with E-state index in [1.165, 1.54) is 0 Å². The standard InChI is InChI=1S/C19H21N3O3.ClH/c20-17-9-2-1-8-16(17)19(24)21-14-6-5-7-15(12-14)25-13-18(23)22-10-3-4-11-22;/h1-2,5-9,12H,3-4,10-11,13,20H2,(H,21,24);1H. The average Bonchev–Trinajstić information content (AvgIpc) is 3.15. The molecule has 0 aliphatic carbocycles. The van der Waals surface area contributed by atoms with Crippen molar-refractivity contribution in [3.8, 4) is 5.75 Å². The van der Waals surface area contributed by atoms with E-state index in [4.69, 9.17) is 10.5 Å². The van der Waals surface area contributed by atoms with Crippen LogP contribution in [0.1, 0.15) is 23.2 Å². The van der Waals surface area contributed by atoms with Gasteiger partial charge in [-0.15, -0.1) is 12.4 Å². The van der Waals surface area contributed by atoms with Gasteiger partial charge >= 0.3 is 0 Å². The molecule has 6 nitrogen and oxygen atoms in total. The first kappa shape index (κ1) is 19.6. The van der Waals surface area contributed by atoms with Gasteiger partial charge in [0.05, 0.1) is 5.56 Å². The third-order valence-corrected chi connectivity index (χ3v) is 4.12. The van der Waals surface area contributed by atoms with Crippen LogP contribution in [0.15, 0.2) is 48.5 Å². The molecule has 0 radical (unpaired) electrons. The molecule has 3 rings (SSSR count). The summed E-state index contributed by atoms with van der Waals surface area (Å²) in [5.41, 5.74) is 7.24. The lowest BCUT2D eigenvalue weighted by Crippen LogP contribution is -2.32. The number of nitrogens with one attached hydrogen (secondary N) is 1. The number of amides is 2. The van der Waals surface area contributed by atoms with Crippen LogP contribution in [0.4, 0.5) is 11.4 Å². The van der Waals surface area contributed by atoms with E-state index in [1.807, 2.05) is 4.90 Å². The van der Waals surface area contributed by atoms with E-state index in [-0.39, 0.29) is 30.8 Å². The maximum absolute atomic E-state index is 12.3. The van der Waals surface area contributed by atoms with Crippen LogP contribution in [0.3, 0.4) is 0 Å². The molecule has 1 fully saturated rings. The topological polar surface area (TPSA) is 84.7 Å². The van der Waals surface area contributed by atoms with Gasteiger partial charge in [-0.3, -0.25) is 9.59 Å². The van der Waals surface area contributed by atoms with Crippen molar-refractivity contribution in [3.05, 3.63) is 54.1 Å².